The van der Waals surface area contributed by atoms with Gasteiger partial charge in [-0.15, -0.1) is 24.8 Å². The molecule has 1 amide bonds. The van der Waals surface area contributed by atoms with Gasteiger partial charge < -0.3 is 10.6 Å². The van der Waals surface area contributed by atoms with E-state index in [9.17, 15) is 4.79 Å². The number of piperidine rings is 1. The van der Waals surface area contributed by atoms with Crippen molar-refractivity contribution in [2.24, 2.45) is 5.92 Å². The second-order valence-electron chi connectivity index (χ2n) is 4.50. The van der Waals surface area contributed by atoms with Gasteiger partial charge in [0.05, 0.1) is 12.2 Å². The number of amides is 1. The van der Waals surface area contributed by atoms with E-state index in [1.807, 2.05) is 18.2 Å². The second kappa shape index (κ2) is 10.0. The first-order valence-corrected chi connectivity index (χ1v) is 6.22. The largest absolute Gasteiger partial charge is 0.350 e. The van der Waals surface area contributed by atoms with Gasteiger partial charge in [0.25, 0.3) is 0 Å². The molecule has 1 aromatic rings. The van der Waals surface area contributed by atoms with Crippen LogP contribution in [0.1, 0.15) is 25.0 Å². The summed E-state index contributed by atoms with van der Waals surface area (Å²) in [5.41, 5.74) is 0.908. The fraction of sp³-hybridized carbons (Fsp3) is 0.538. The molecule has 0 bridgehead atoms. The van der Waals surface area contributed by atoms with Crippen LogP contribution >= 0.6 is 24.8 Å². The molecule has 1 aliphatic heterocycles. The van der Waals surface area contributed by atoms with Crippen LogP contribution in [0.5, 0.6) is 0 Å². The number of nitrogens with one attached hydrogen (secondary N) is 2. The second-order valence-corrected chi connectivity index (χ2v) is 4.50. The maximum Gasteiger partial charge on any atom is 0.220 e. The van der Waals surface area contributed by atoms with Gasteiger partial charge in [-0.25, -0.2) is 0 Å². The number of aromatic nitrogens is 1. The molecule has 1 aliphatic rings. The molecule has 19 heavy (non-hydrogen) atoms. The number of halogens is 2. The quantitative estimate of drug-likeness (QED) is 0.894. The highest BCUT2D eigenvalue weighted by Gasteiger charge is 2.16. The smallest absolute Gasteiger partial charge is 0.220 e. The number of carbonyl (C=O) groups is 1. The molecule has 0 aliphatic carbocycles. The van der Waals surface area contributed by atoms with Gasteiger partial charge >= 0.3 is 0 Å². The molecule has 108 valence electrons. The summed E-state index contributed by atoms with van der Waals surface area (Å²) in [6, 6.07) is 5.73. The Morgan fingerprint density at radius 1 is 1.32 bits per heavy atom. The molecule has 2 heterocycles. The predicted octanol–water partition coefficient (Wildman–Crippen LogP) is 1.93. The average molecular weight is 306 g/mol. The first-order chi connectivity index (χ1) is 8.34. The van der Waals surface area contributed by atoms with Crippen LogP contribution in [-0.4, -0.2) is 24.0 Å². The summed E-state index contributed by atoms with van der Waals surface area (Å²) in [5.74, 6) is 0.683. The zero-order chi connectivity index (χ0) is 11.9. The molecule has 0 unspecified atom stereocenters. The monoisotopic (exact) mass is 305 g/mol. The Balaban J connectivity index is 0.00000162. The van der Waals surface area contributed by atoms with Crippen LogP contribution in [0.3, 0.4) is 0 Å². The van der Waals surface area contributed by atoms with E-state index in [4.69, 9.17) is 0 Å². The third kappa shape index (κ3) is 6.76. The lowest BCUT2D eigenvalue weighted by Crippen LogP contribution is -2.32. The van der Waals surface area contributed by atoms with Crippen LogP contribution in [0.2, 0.25) is 0 Å². The van der Waals surface area contributed by atoms with Crippen molar-refractivity contribution in [3.8, 4) is 0 Å². The zero-order valence-corrected chi connectivity index (χ0v) is 12.4. The molecule has 4 nitrogen and oxygen atoms in total. The van der Waals surface area contributed by atoms with Crippen LogP contribution in [0.25, 0.3) is 0 Å². The molecular weight excluding hydrogens is 285 g/mol. The van der Waals surface area contributed by atoms with Crippen molar-refractivity contribution in [1.82, 2.24) is 15.6 Å². The van der Waals surface area contributed by atoms with Crippen molar-refractivity contribution in [3.05, 3.63) is 30.1 Å². The van der Waals surface area contributed by atoms with Crippen LogP contribution in [0.15, 0.2) is 24.4 Å². The summed E-state index contributed by atoms with van der Waals surface area (Å²) in [7, 11) is 0. The summed E-state index contributed by atoms with van der Waals surface area (Å²) in [6.07, 6.45) is 4.61. The van der Waals surface area contributed by atoms with Crippen LogP contribution in [-0.2, 0) is 11.3 Å². The molecule has 0 saturated carbocycles. The SMILES string of the molecule is Cl.Cl.O=C(CC1CCNCC1)NCc1ccccn1. The Morgan fingerprint density at radius 3 is 2.68 bits per heavy atom. The number of hydrogen-bond acceptors (Lipinski definition) is 3. The minimum atomic E-state index is 0. The highest BCUT2D eigenvalue weighted by molar-refractivity contribution is 5.85. The van der Waals surface area contributed by atoms with Crippen LogP contribution < -0.4 is 10.6 Å². The maximum atomic E-state index is 11.7. The fourth-order valence-electron chi connectivity index (χ4n) is 2.11. The molecule has 0 spiro atoms. The Morgan fingerprint density at radius 2 is 2.05 bits per heavy atom. The molecule has 0 aromatic carbocycles. The van der Waals surface area contributed by atoms with E-state index in [1.165, 1.54) is 0 Å². The number of carbonyl (C=O) groups excluding carboxylic acids is 1. The summed E-state index contributed by atoms with van der Waals surface area (Å²) < 4.78 is 0. The summed E-state index contributed by atoms with van der Waals surface area (Å²) >= 11 is 0. The van der Waals surface area contributed by atoms with Gasteiger partial charge in [0.2, 0.25) is 5.91 Å². The third-order valence-electron chi connectivity index (χ3n) is 3.13. The summed E-state index contributed by atoms with van der Waals surface area (Å²) in [6.45, 7) is 2.61. The first kappa shape index (κ1) is 18.2. The van der Waals surface area contributed by atoms with E-state index < -0.39 is 0 Å². The van der Waals surface area contributed by atoms with Crippen LogP contribution in [0.4, 0.5) is 0 Å². The normalized spacial score (nSPS) is 14.9. The van der Waals surface area contributed by atoms with Crippen molar-refractivity contribution in [3.63, 3.8) is 0 Å². The van der Waals surface area contributed by atoms with E-state index in [-0.39, 0.29) is 30.7 Å². The van der Waals surface area contributed by atoms with E-state index >= 15 is 0 Å². The van der Waals surface area contributed by atoms with Gasteiger partial charge in [0.1, 0.15) is 0 Å². The molecule has 2 N–H and O–H groups in total. The first-order valence-electron chi connectivity index (χ1n) is 6.22. The number of rotatable bonds is 4. The molecule has 1 fully saturated rings. The Kier molecular flexibility index (Phi) is 9.57. The lowest BCUT2D eigenvalue weighted by molar-refractivity contribution is -0.122. The molecule has 0 radical (unpaired) electrons. The lowest BCUT2D eigenvalue weighted by atomic mass is 9.94. The number of nitrogens with zero attached hydrogens (tertiary/aromatic N) is 1. The maximum absolute atomic E-state index is 11.7. The number of pyridine rings is 1. The van der Waals surface area contributed by atoms with Crippen molar-refractivity contribution in [2.75, 3.05) is 13.1 Å². The van der Waals surface area contributed by atoms with Crippen LogP contribution in [0, 0.1) is 5.92 Å². The van der Waals surface area contributed by atoms with E-state index in [2.05, 4.69) is 15.6 Å². The molecule has 2 rings (SSSR count). The third-order valence-corrected chi connectivity index (χ3v) is 3.13. The molecule has 1 saturated heterocycles. The highest BCUT2D eigenvalue weighted by atomic mass is 35.5. The fourth-order valence-corrected chi connectivity index (χ4v) is 2.11. The minimum Gasteiger partial charge on any atom is -0.350 e. The van der Waals surface area contributed by atoms with Crippen molar-refractivity contribution in [1.29, 1.82) is 0 Å². The summed E-state index contributed by atoms with van der Waals surface area (Å²) in [5, 5.41) is 6.23. The Hall–Kier alpha value is -0.840. The molecule has 1 aromatic heterocycles. The van der Waals surface area contributed by atoms with Crippen molar-refractivity contribution in [2.45, 2.75) is 25.8 Å². The molecule has 0 atom stereocenters. The molecule has 6 heteroatoms. The minimum absolute atomic E-state index is 0. The predicted molar refractivity (Wildman–Crippen MR) is 80.8 cm³/mol. The van der Waals surface area contributed by atoms with Crippen molar-refractivity contribution < 1.29 is 4.79 Å². The average Bonchev–Trinajstić information content (AvgIpc) is 2.39. The van der Waals surface area contributed by atoms with E-state index in [0.29, 0.717) is 18.9 Å². The lowest BCUT2D eigenvalue weighted by Gasteiger charge is -2.21. The van der Waals surface area contributed by atoms with Gasteiger partial charge in [-0.3, -0.25) is 9.78 Å². The Bertz CT molecular complexity index is 356. The topological polar surface area (TPSA) is 54.0 Å². The molecular formula is C13H21Cl2N3O. The van der Waals surface area contributed by atoms with Gasteiger partial charge in [0, 0.05) is 12.6 Å². The van der Waals surface area contributed by atoms with Gasteiger partial charge in [-0.2, -0.15) is 0 Å². The van der Waals surface area contributed by atoms with Gasteiger partial charge in [0.15, 0.2) is 0 Å². The highest BCUT2D eigenvalue weighted by Crippen LogP contribution is 2.15. The standard InChI is InChI=1S/C13H19N3O.2ClH/c17-13(9-11-4-7-14-8-5-11)16-10-12-3-1-2-6-15-12;;/h1-3,6,11,14H,4-5,7-10H2,(H,16,17);2*1H. The van der Waals surface area contributed by atoms with Crippen molar-refractivity contribution >= 4 is 30.7 Å². The van der Waals surface area contributed by atoms with Gasteiger partial charge in [-0.1, -0.05) is 6.07 Å². The van der Waals surface area contributed by atoms with Gasteiger partial charge in [-0.05, 0) is 44.0 Å². The summed E-state index contributed by atoms with van der Waals surface area (Å²) in [4.78, 5) is 15.9. The van der Waals surface area contributed by atoms with E-state index in [0.717, 1.165) is 31.6 Å². The van der Waals surface area contributed by atoms with E-state index in [1.54, 1.807) is 6.20 Å². The number of hydrogen-bond donors (Lipinski definition) is 2. The Labute approximate surface area is 126 Å². The zero-order valence-electron chi connectivity index (χ0n) is 10.8.